The monoisotopic (exact) mass is 267 g/mol. The molecule has 1 saturated carbocycles. The molecule has 2 rings (SSSR count). The van der Waals surface area contributed by atoms with Gasteiger partial charge in [-0.1, -0.05) is 0 Å². The van der Waals surface area contributed by atoms with Crippen LogP contribution in [0.2, 0.25) is 0 Å². The van der Waals surface area contributed by atoms with E-state index in [-0.39, 0.29) is 23.4 Å². The topological polar surface area (TPSA) is 120 Å². The fourth-order valence-corrected chi connectivity index (χ4v) is 3.01. The van der Waals surface area contributed by atoms with Crippen molar-refractivity contribution in [1.29, 1.82) is 5.26 Å². The summed E-state index contributed by atoms with van der Waals surface area (Å²) < 4.78 is 26.1. The minimum Gasteiger partial charge on any atom is -0.480 e. The van der Waals surface area contributed by atoms with Crippen molar-refractivity contribution in [2.24, 2.45) is 0 Å². The third kappa shape index (κ3) is 2.05. The molecule has 0 bridgehead atoms. The molecule has 0 radical (unpaired) electrons. The Morgan fingerprint density at radius 1 is 1.56 bits per heavy atom. The van der Waals surface area contributed by atoms with Gasteiger partial charge in [0.2, 0.25) is 10.0 Å². The fourth-order valence-electron chi connectivity index (χ4n) is 1.49. The first-order chi connectivity index (χ1) is 8.41. The average molecular weight is 267 g/mol. The molecule has 0 saturated heterocycles. The van der Waals surface area contributed by atoms with Crippen LogP contribution in [0.15, 0.2) is 23.2 Å². The standard InChI is InChI=1S/C10H9N3O4S/c11-6-7-8(2-1-5-12-7)18(16,17)13-10(3-4-10)9(14)15/h1-2,5,13H,3-4H2,(H,14,15). The predicted molar refractivity (Wildman–Crippen MR) is 58.9 cm³/mol. The number of carboxylic acid groups (broad SMARTS) is 1. The van der Waals surface area contributed by atoms with Gasteiger partial charge in [-0.15, -0.1) is 0 Å². The quantitative estimate of drug-likeness (QED) is 0.782. The predicted octanol–water partition coefficient (Wildman–Crippen LogP) is -0.151. The molecule has 0 atom stereocenters. The second kappa shape index (κ2) is 4.04. The second-order valence-electron chi connectivity index (χ2n) is 3.95. The highest BCUT2D eigenvalue weighted by atomic mass is 32.2. The van der Waals surface area contributed by atoms with E-state index in [4.69, 9.17) is 10.4 Å². The van der Waals surface area contributed by atoms with E-state index in [2.05, 4.69) is 9.71 Å². The molecule has 1 fully saturated rings. The summed E-state index contributed by atoms with van der Waals surface area (Å²) in [6, 6.07) is 4.24. The van der Waals surface area contributed by atoms with Gasteiger partial charge in [-0.05, 0) is 25.0 Å². The maximum absolute atomic E-state index is 12.0. The molecule has 8 heteroatoms. The molecule has 0 aliphatic heterocycles. The van der Waals surface area contributed by atoms with Crippen LogP contribution in [0.3, 0.4) is 0 Å². The van der Waals surface area contributed by atoms with Crippen LogP contribution in [-0.4, -0.2) is 30.0 Å². The Hall–Kier alpha value is -1.98. The van der Waals surface area contributed by atoms with E-state index in [1.165, 1.54) is 18.3 Å². The molecule has 0 aromatic carbocycles. The first-order valence-electron chi connectivity index (χ1n) is 5.04. The van der Waals surface area contributed by atoms with Crippen LogP contribution >= 0.6 is 0 Å². The van der Waals surface area contributed by atoms with Gasteiger partial charge < -0.3 is 5.11 Å². The summed E-state index contributed by atoms with van der Waals surface area (Å²) in [6.07, 6.45) is 1.77. The van der Waals surface area contributed by atoms with Crippen molar-refractivity contribution in [1.82, 2.24) is 9.71 Å². The van der Waals surface area contributed by atoms with Crippen LogP contribution in [0, 0.1) is 11.3 Å². The summed E-state index contributed by atoms with van der Waals surface area (Å²) in [5.41, 5.74) is -1.69. The lowest BCUT2D eigenvalue weighted by atomic mass is 10.3. The minimum atomic E-state index is -4.06. The number of sulfonamides is 1. The SMILES string of the molecule is N#Cc1ncccc1S(=O)(=O)NC1(C(=O)O)CC1. The van der Waals surface area contributed by atoms with E-state index in [9.17, 15) is 13.2 Å². The summed E-state index contributed by atoms with van der Waals surface area (Å²) in [7, 11) is -4.06. The van der Waals surface area contributed by atoms with Crippen molar-refractivity contribution in [3.63, 3.8) is 0 Å². The fraction of sp³-hybridized carbons (Fsp3) is 0.300. The molecule has 1 aromatic heterocycles. The Balaban J connectivity index is 2.39. The first kappa shape index (κ1) is 12.5. The maximum Gasteiger partial charge on any atom is 0.324 e. The molecular weight excluding hydrogens is 258 g/mol. The number of rotatable bonds is 4. The molecule has 0 spiro atoms. The second-order valence-corrected chi connectivity index (χ2v) is 5.61. The van der Waals surface area contributed by atoms with Crippen molar-refractivity contribution in [2.75, 3.05) is 0 Å². The first-order valence-corrected chi connectivity index (χ1v) is 6.52. The summed E-state index contributed by atoms with van der Waals surface area (Å²) in [4.78, 5) is 14.3. The van der Waals surface area contributed by atoms with Gasteiger partial charge in [0.05, 0.1) is 0 Å². The number of hydrogen-bond donors (Lipinski definition) is 2. The third-order valence-electron chi connectivity index (χ3n) is 2.66. The molecule has 94 valence electrons. The van der Waals surface area contributed by atoms with Crippen LogP contribution in [0.5, 0.6) is 0 Å². The number of nitriles is 1. The van der Waals surface area contributed by atoms with Crippen LogP contribution in [0.4, 0.5) is 0 Å². The number of aromatic nitrogens is 1. The molecule has 0 amide bonds. The Bertz CT molecular complexity index is 643. The van der Waals surface area contributed by atoms with Gasteiger partial charge in [-0.2, -0.15) is 9.98 Å². The number of carbonyl (C=O) groups is 1. The number of nitrogens with one attached hydrogen (secondary N) is 1. The van der Waals surface area contributed by atoms with Gasteiger partial charge >= 0.3 is 5.97 Å². The van der Waals surface area contributed by atoms with E-state index in [0.29, 0.717) is 0 Å². The van der Waals surface area contributed by atoms with Crippen molar-refractivity contribution < 1.29 is 18.3 Å². The molecule has 1 aliphatic rings. The lowest BCUT2D eigenvalue weighted by Gasteiger charge is -2.13. The highest BCUT2D eigenvalue weighted by molar-refractivity contribution is 7.89. The lowest BCUT2D eigenvalue weighted by molar-refractivity contribution is -0.140. The maximum atomic E-state index is 12.0. The summed E-state index contributed by atoms with van der Waals surface area (Å²) in [5, 5.41) is 17.7. The van der Waals surface area contributed by atoms with Crippen molar-refractivity contribution in [3.05, 3.63) is 24.0 Å². The highest BCUT2D eigenvalue weighted by Gasteiger charge is 2.53. The number of aliphatic carboxylic acids is 1. The molecule has 2 N–H and O–H groups in total. The zero-order valence-corrected chi connectivity index (χ0v) is 9.94. The average Bonchev–Trinajstić information content (AvgIpc) is 3.09. The molecule has 0 unspecified atom stereocenters. The number of nitrogens with zero attached hydrogens (tertiary/aromatic N) is 2. The highest BCUT2D eigenvalue weighted by Crippen LogP contribution is 2.37. The Morgan fingerprint density at radius 3 is 2.72 bits per heavy atom. The third-order valence-corrected chi connectivity index (χ3v) is 4.22. The zero-order valence-electron chi connectivity index (χ0n) is 9.12. The van der Waals surface area contributed by atoms with E-state index in [1.54, 1.807) is 6.07 Å². The van der Waals surface area contributed by atoms with E-state index in [1.807, 2.05) is 0 Å². The summed E-state index contributed by atoms with van der Waals surface area (Å²) >= 11 is 0. The number of carboxylic acids is 1. The van der Waals surface area contributed by atoms with E-state index < -0.39 is 21.5 Å². The van der Waals surface area contributed by atoms with Gasteiger partial charge in [0.15, 0.2) is 5.69 Å². The van der Waals surface area contributed by atoms with E-state index >= 15 is 0 Å². The molecule has 7 nitrogen and oxygen atoms in total. The van der Waals surface area contributed by atoms with Gasteiger partial charge in [0, 0.05) is 6.20 Å². The van der Waals surface area contributed by atoms with Crippen LogP contribution in [0.25, 0.3) is 0 Å². The van der Waals surface area contributed by atoms with Gasteiger partial charge in [-0.3, -0.25) is 4.79 Å². The Morgan fingerprint density at radius 2 is 2.22 bits per heavy atom. The van der Waals surface area contributed by atoms with E-state index in [0.717, 1.165) is 0 Å². The van der Waals surface area contributed by atoms with Gasteiger partial charge in [0.1, 0.15) is 16.5 Å². The molecular formula is C10H9N3O4S. The smallest absolute Gasteiger partial charge is 0.324 e. The summed E-state index contributed by atoms with van der Waals surface area (Å²) in [5.74, 6) is -1.21. The zero-order chi connectivity index (χ0) is 13.4. The summed E-state index contributed by atoms with van der Waals surface area (Å²) in [6.45, 7) is 0. The van der Waals surface area contributed by atoms with Crippen molar-refractivity contribution in [2.45, 2.75) is 23.3 Å². The molecule has 1 aliphatic carbocycles. The minimum absolute atomic E-state index is 0.240. The molecule has 18 heavy (non-hydrogen) atoms. The van der Waals surface area contributed by atoms with Gasteiger partial charge in [-0.25, -0.2) is 13.4 Å². The van der Waals surface area contributed by atoms with Crippen LogP contribution < -0.4 is 4.72 Å². The number of hydrogen-bond acceptors (Lipinski definition) is 5. The van der Waals surface area contributed by atoms with Crippen LogP contribution in [0.1, 0.15) is 18.5 Å². The molecule has 1 aromatic rings. The Kier molecular flexibility index (Phi) is 2.80. The number of pyridine rings is 1. The van der Waals surface area contributed by atoms with Crippen molar-refractivity contribution in [3.8, 4) is 6.07 Å². The van der Waals surface area contributed by atoms with Crippen LogP contribution in [-0.2, 0) is 14.8 Å². The van der Waals surface area contributed by atoms with Gasteiger partial charge in [0.25, 0.3) is 0 Å². The van der Waals surface area contributed by atoms with Crippen molar-refractivity contribution >= 4 is 16.0 Å². The molecule has 1 heterocycles. The Labute approximate surface area is 103 Å². The largest absolute Gasteiger partial charge is 0.480 e. The normalized spacial score (nSPS) is 16.8. The lowest BCUT2D eigenvalue weighted by Crippen LogP contribution is -2.43.